The SMILES string of the molecule is CC(=O)OCC(C)(C)CC(=O)OCOC(C)C.CC(=O)OCOC(C)C.CC(=O)Oc1cc(C)cc(C)c1C(C)(C)CC(=O)OCOC(C)C.CC(C)OCOC(=O)OC(C)(C)C.CC(C)OCOC(=O)OC(C)C.CCCSSCCOC(C)C.COC(=O)OCOC(C)C. The van der Waals surface area contributed by atoms with Crippen molar-refractivity contribution in [2.45, 2.75) is 280 Å². The number of carbonyl (C=O) groups is 8. The molecule has 0 saturated carbocycles. The Morgan fingerprint density at radius 1 is 0.438 bits per heavy atom. The molecule has 566 valence electrons. The molecule has 0 fully saturated rings. The Morgan fingerprint density at radius 2 is 0.812 bits per heavy atom. The lowest BCUT2D eigenvalue weighted by Crippen LogP contribution is -2.26. The van der Waals surface area contributed by atoms with Crippen molar-refractivity contribution in [3.8, 4) is 5.75 Å². The summed E-state index contributed by atoms with van der Waals surface area (Å²) in [6.07, 6.45) is 0.0190. The van der Waals surface area contributed by atoms with E-state index in [0.29, 0.717) is 11.9 Å². The summed E-state index contributed by atoms with van der Waals surface area (Å²) in [7, 11) is 5.10. The van der Waals surface area contributed by atoms with Gasteiger partial charge in [-0.2, -0.15) is 0 Å². The van der Waals surface area contributed by atoms with Crippen molar-refractivity contribution in [2.24, 2.45) is 5.41 Å². The molecule has 96 heavy (non-hydrogen) atoms. The van der Waals surface area contributed by atoms with Crippen molar-refractivity contribution in [1.29, 1.82) is 0 Å². The maximum atomic E-state index is 12.1. The summed E-state index contributed by atoms with van der Waals surface area (Å²) in [5.74, 6) is 1.11. The van der Waals surface area contributed by atoms with Crippen LogP contribution in [0.15, 0.2) is 12.1 Å². The van der Waals surface area contributed by atoms with Gasteiger partial charge in [-0.25, -0.2) is 14.4 Å². The molecule has 0 N–H and O–H groups in total. The fraction of sp³-hybridized carbons (Fsp3) is 0.794. The molecule has 0 aliphatic rings. The smallest absolute Gasteiger partial charge is 0.465 e. The van der Waals surface area contributed by atoms with Gasteiger partial charge in [0.05, 0.1) is 82.0 Å². The largest absolute Gasteiger partial charge is 0.510 e. The lowest BCUT2D eigenvalue weighted by molar-refractivity contribution is -0.164. The van der Waals surface area contributed by atoms with Crippen LogP contribution >= 0.6 is 21.6 Å². The summed E-state index contributed by atoms with van der Waals surface area (Å²) in [5, 5.41) is 0. The maximum Gasteiger partial charge on any atom is 0.510 e. The predicted molar refractivity (Wildman–Crippen MR) is 370 cm³/mol. The van der Waals surface area contributed by atoms with E-state index in [4.69, 9.17) is 61.6 Å². The Labute approximate surface area is 583 Å². The summed E-state index contributed by atoms with van der Waals surface area (Å²) in [4.78, 5) is 87.7. The zero-order chi connectivity index (χ0) is 75.8. The highest BCUT2D eigenvalue weighted by molar-refractivity contribution is 8.76. The summed E-state index contributed by atoms with van der Waals surface area (Å²) in [5.41, 5.74) is 1.32. The third kappa shape index (κ3) is 81.2. The summed E-state index contributed by atoms with van der Waals surface area (Å²) in [6, 6.07) is 3.83. The van der Waals surface area contributed by atoms with Gasteiger partial charge in [-0.3, -0.25) is 24.0 Å². The summed E-state index contributed by atoms with van der Waals surface area (Å²) in [6.45, 7) is 53.9. The molecule has 0 aromatic heterocycles. The van der Waals surface area contributed by atoms with E-state index in [9.17, 15) is 38.4 Å². The molecule has 0 spiro atoms. The van der Waals surface area contributed by atoms with Gasteiger partial charge in [-0.05, 0) is 169 Å². The van der Waals surface area contributed by atoms with E-state index in [1.807, 2.05) is 158 Å². The fourth-order valence-electron chi connectivity index (χ4n) is 5.78. The summed E-state index contributed by atoms with van der Waals surface area (Å²) < 4.78 is 87.7. The number of aryl methyl sites for hydroxylation is 2. The van der Waals surface area contributed by atoms with Crippen molar-refractivity contribution in [1.82, 2.24) is 0 Å². The lowest BCUT2D eigenvalue weighted by atomic mass is 9.78. The number of esters is 5. The Morgan fingerprint density at radius 3 is 1.18 bits per heavy atom. The van der Waals surface area contributed by atoms with E-state index in [1.54, 1.807) is 34.6 Å². The molecular weight excluding hydrogens is 1300 g/mol. The van der Waals surface area contributed by atoms with Crippen LogP contribution < -0.4 is 4.74 Å². The molecule has 1 rings (SSSR count). The van der Waals surface area contributed by atoms with Crippen molar-refractivity contribution >= 4 is 69.9 Å². The van der Waals surface area contributed by atoms with Crippen LogP contribution in [0.25, 0.3) is 0 Å². The molecule has 0 atom stereocenters. The quantitative estimate of drug-likeness (QED) is 0.0155. The zero-order valence-corrected chi connectivity index (χ0v) is 65.5. The average molecular weight is 1420 g/mol. The molecule has 0 aliphatic heterocycles. The molecule has 28 heteroatoms. The fourth-order valence-corrected chi connectivity index (χ4v) is 7.76. The van der Waals surface area contributed by atoms with E-state index in [1.165, 1.54) is 40.1 Å². The van der Waals surface area contributed by atoms with Gasteiger partial charge >= 0.3 is 48.3 Å². The first kappa shape index (κ1) is 102. The van der Waals surface area contributed by atoms with Gasteiger partial charge in [0.1, 0.15) is 11.4 Å². The minimum Gasteiger partial charge on any atom is -0.465 e. The van der Waals surface area contributed by atoms with Crippen LogP contribution in [0.2, 0.25) is 0 Å². The summed E-state index contributed by atoms with van der Waals surface area (Å²) >= 11 is 0. The maximum absolute atomic E-state index is 12.1. The second-order valence-corrected chi connectivity index (χ2v) is 27.9. The van der Waals surface area contributed by atoms with Crippen LogP contribution in [0.5, 0.6) is 5.75 Å². The highest BCUT2D eigenvalue weighted by Crippen LogP contribution is 2.38. The monoisotopic (exact) mass is 1420 g/mol. The molecule has 0 aliphatic carbocycles. The molecule has 0 amide bonds. The Balaban J connectivity index is -0.000000253. The predicted octanol–water partition coefficient (Wildman–Crippen LogP) is 15.3. The van der Waals surface area contributed by atoms with Gasteiger partial charge in [0.15, 0.2) is 40.8 Å². The van der Waals surface area contributed by atoms with Crippen molar-refractivity contribution in [3.63, 3.8) is 0 Å². The van der Waals surface area contributed by atoms with E-state index < -0.39 is 34.9 Å². The topological polar surface area (TPSA) is 303 Å². The standard InChI is InChI=1S/C19H28O5.C12H22O5.C9H18O4.C8H16O4.C8H18OS2.C6H12O4.C6H12O3/c1-12(2)22-11-23-17(21)10-19(6,7)18-14(4)8-13(3)9-16(18)24-15(5)20;1-9(2)16-8-17-11(14)6-12(4,5)7-15-10(3)13;1-7(2)11-6-12-8(10)13-9(3,4)5;1-6(2)10-5-11-8(9)12-7(3)4;1-4-6-10-11-7-5-9-8(2)3;1-5(2)9-4-10-6(7)8-3;1-5(2)8-4-9-6(3)7/h8-9,12H,10-11H2,1-7H3;9H,6-8H2,1-5H3;7H,6H2,1-5H3;6-7H,5H2,1-4H3;8H,4-7H2,1-3H3;5H,4H2,1-3H3;5H,4H2,1-3H3. The molecule has 0 heterocycles. The van der Waals surface area contributed by atoms with Gasteiger partial charge in [0.2, 0.25) is 0 Å². The van der Waals surface area contributed by atoms with Gasteiger partial charge < -0.3 is 85.3 Å². The van der Waals surface area contributed by atoms with Crippen LogP contribution in [0.1, 0.15) is 223 Å². The van der Waals surface area contributed by atoms with Crippen LogP contribution in [0.4, 0.5) is 14.4 Å². The van der Waals surface area contributed by atoms with Crippen LogP contribution in [0.3, 0.4) is 0 Å². The van der Waals surface area contributed by atoms with E-state index in [-0.39, 0.29) is 133 Å². The number of benzene rings is 1. The highest BCUT2D eigenvalue weighted by atomic mass is 33.1. The number of carbonyl (C=O) groups excluding carboxylic acids is 8. The van der Waals surface area contributed by atoms with Gasteiger partial charge in [0.25, 0.3) is 0 Å². The van der Waals surface area contributed by atoms with Crippen molar-refractivity contribution in [2.75, 3.05) is 72.6 Å². The number of rotatable bonds is 34. The van der Waals surface area contributed by atoms with Crippen molar-refractivity contribution in [3.05, 3.63) is 28.8 Å². The number of hydrogen-bond donors (Lipinski definition) is 0. The minimum absolute atomic E-state index is 0.000669. The van der Waals surface area contributed by atoms with E-state index in [2.05, 4.69) is 44.5 Å². The van der Waals surface area contributed by atoms with Crippen LogP contribution in [-0.4, -0.2) is 175 Å². The van der Waals surface area contributed by atoms with Gasteiger partial charge in [-0.15, -0.1) is 0 Å². The molecule has 0 bridgehead atoms. The van der Waals surface area contributed by atoms with E-state index >= 15 is 0 Å². The van der Waals surface area contributed by atoms with Crippen LogP contribution in [-0.2, 0) is 110 Å². The highest BCUT2D eigenvalue weighted by Gasteiger charge is 2.31. The molecule has 26 nitrogen and oxygen atoms in total. The van der Waals surface area contributed by atoms with Crippen LogP contribution in [0, 0.1) is 19.3 Å². The first-order valence-corrected chi connectivity index (χ1v) is 34.5. The molecule has 1 aromatic rings. The molecule has 0 saturated heterocycles. The van der Waals surface area contributed by atoms with E-state index in [0.717, 1.165) is 29.1 Å². The minimum atomic E-state index is -0.722. The Kier molecular flexibility index (Phi) is 64.6. The Bertz CT molecular complexity index is 2190. The third-order valence-corrected chi connectivity index (χ3v) is 12.3. The van der Waals surface area contributed by atoms with Gasteiger partial charge in [0, 0.05) is 48.7 Å². The number of ether oxygens (including phenoxy) is 18. The third-order valence-electron chi connectivity index (χ3n) is 9.77. The second-order valence-electron chi connectivity index (χ2n) is 25.2. The molecular formula is C68H126O26S2. The second kappa shape index (κ2) is 60.9. The first-order chi connectivity index (χ1) is 44.1. The zero-order valence-electron chi connectivity index (χ0n) is 63.9. The first-order valence-electron chi connectivity index (χ1n) is 32.0. The average Bonchev–Trinajstić information content (AvgIpc) is 0.794. The number of hydrogen-bond acceptors (Lipinski definition) is 28. The normalized spacial score (nSPS) is 10.9. The number of methoxy groups -OCH3 is 1. The van der Waals surface area contributed by atoms with Gasteiger partial charge in [-0.1, -0.05) is 62.3 Å². The Hall–Kier alpha value is -5.20. The lowest BCUT2D eigenvalue weighted by Gasteiger charge is -2.28. The molecule has 0 radical (unpaired) electrons. The van der Waals surface area contributed by atoms with Crippen molar-refractivity contribution < 1.29 is 124 Å². The molecule has 1 aromatic carbocycles. The molecule has 0 unspecified atom stereocenters.